The maximum atomic E-state index is 5.02. The number of nitrogens with zero attached hydrogens (tertiary/aromatic N) is 4. The van der Waals surface area contributed by atoms with Crippen LogP contribution >= 0.6 is 0 Å². The van der Waals surface area contributed by atoms with Crippen LogP contribution in [0.15, 0.2) is 36.4 Å². The Kier molecular flexibility index (Phi) is 4.43. The Bertz CT molecular complexity index is 903. The Morgan fingerprint density at radius 2 is 1.77 bits per heavy atom. The minimum atomic E-state index is 0.390. The predicted octanol–water partition coefficient (Wildman–Crippen LogP) is 5.06. The van der Waals surface area contributed by atoms with Crippen molar-refractivity contribution in [2.45, 2.75) is 46.5 Å². The molecule has 1 fully saturated rings. The van der Waals surface area contributed by atoms with Crippen LogP contribution in [0.1, 0.15) is 50.9 Å². The van der Waals surface area contributed by atoms with Crippen molar-refractivity contribution < 1.29 is 0 Å². The van der Waals surface area contributed by atoms with Gasteiger partial charge in [0.05, 0.1) is 5.69 Å². The lowest BCUT2D eigenvalue weighted by atomic mass is 9.99. The molecule has 1 aliphatic rings. The fourth-order valence-electron chi connectivity index (χ4n) is 3.83. The van der Waals surface area contributed by atoms with Gasteiger partial charge in [0, 0.05) is 30.4 Å². The lowest BCUT2D eigenvalue weighted by Gasteiger charge is -2.32. The highest BCUT2D eigenvalue weighted by atomic mass is 15.4. The normalized spacial score (nSPS) is 16.0. The van der Waals surface area contributed by atoms with Crippen molar-refractivity contribution in [1.29, 1.82) is 0 Å². The topological polar surface area (TPSA) is 33.4 Å². The second-order valence-electron chi connectivity index (χ2n) is 7.93. The van der Waals surface area contributed by atoms with E-state index in [1.54, 1.807) is 0 Å². The van der Waals surface area contributed by atoms with E-state index in [0.29, 0.717) is 5.92 Å². The Balaban J connectivity index is 1.92. The van der Waals surface area contributed by atoms with Gasteiger partial charge in [-0.25, -0.2) is 4.98 Å². The standard InChI is InChI=1S/C22H28N4/c1-15(2)19-14-20(25-12-10-16(3)11-13-25)26-22(23-19)21(17(4)24-26)18-8-6-5-7-9-18/h5-9,14-16H,10-13H2,1-4H3. The van der Waals surface area contributed by atoms with Crippen molar-refractivity contribution in [1.82, 2.24) is 14.6 Å². The minimum Gasteiger partial charge on any atom is -0.356 e. The molecule has 4 heteroatoms. The van der Waals surface area contributed by atoms with E-state index < -0.39 is 0 Å². The molecule has 26 heavy (non-hydrogen) atoms. The first-order valence-corrected chi connectivity index (χ1v) is 9.75. The van der Waals surface area contributed by atoms with Crippen LogP contribution in [0.2, 0.25) is 0 Å². The fraction of sp³-hybridized carbons (Fsp3) is 0.455. The van der Waals surface area contributed by atoms with Crippen molar-refractivity contribution in [2.24, 2.45) is 5.92 Å². The lowest BCUT2D eigenvalue weighted by Crippen LogP contribution is -2.34. The number of anilines is 1. The number of benzene rings is 1. The molecule has 0 spiro atoms. The van der Waals surface area contributed by atoms with Crippen LogP contribution in [-0.2, 0) is 0 Å². The monoisotopic (exact) mass is 348 g/mol. The minimum absolute atomic E-state index is 0.390. The van der Waals surface area contributed by atoms with E-state index in [2.05, 4.69) is 73.5 Å². The highest BCUT2D eigenvalue weighted by Gasteiger charge is 2.23. The fourth-order valence-corrected chi connectivity index (χ4v) is 3.83. The third-order valence-electron chi connectivity index (χ3n) is 5.53. The van der Waals surface area contributed by atoms with Crippen molar-refractivity contribution in [3.05, 3.63) is 47.8 Å². The van der Waals surface area contributed by atoms with E-state index in [4.69, 9.17) is 10.1 Å². The predicted molar refractivity (Wildman–Crippen MR) is 108 cm³/mol. The Morgan fingerprint density at radius 1 is 1.08 bits per heavy atom. The Labute approximate surface area is 155 Å². The first kappa shape index (κ1) is 17.1. The molecule has 0 amide bonds. The third kappa shape index (κ3) is 2.98. The molecule has 0 N–H and O–H groups in total. The van der Waals surface area contributed by atoms with Crippen LogP contribution in [-0.4, -0.2) is 27.7 Å². The quantitative estimate of drug-likeness (QED) is 0.663. The van der Waals surface area contributed by atoms with Crippen LogP contribution < -0.4 is 4.90 Å². The summed E-state index contributed by atoms with van der Waals surface area (Å²) in [7, 11) is 0. The first-order chi connectivity index (χ1) is 12.5. The number of fused-ring (bicyclic) bond motifs is 1. The van der Waals surface area contributed by atoms with Gasteiger partial charge in [-0.15, -0.1) is 0 Å². The second kappa shape index (κ2) is 6.75. The van der Waals surface area contributed by atoms with Crippen LogP contribution in [0, 0.1) is 12.8 Å². The zero-order valence-electron chi connectivity index (χ0n) is 16.2. The molecule has 1 saturated heterocycles. The lowest BCUT2D eigenvalue weighted by molar-refractivity contribution is 0.434. The van der Waals surface area contributed by atoms with Gasteiger partial charge in [-0.05, 0) is 37.2 Å². The first-order valence-electron chi connectivity index (χ1n) is 9.75. The number of hydrogen-bond donors (Lipinski definition) is 0. The number of aryl methyl sites for hydroxylation is 1. The number of rotatable bonds is 3. The summed E-state index contributed by atoms with van der Waals surface area (Å²) < 4.78 is 2.07. The van der Waals surface area contributed by atoms with Gasteiger partial charge in [0.2, 0.25) is 0 Å². The summed E-state index contributed by atoms with van der Waals surface area (Å²) in [6.07, 6.45) is 2.49. The van der Waals surface area contributed by atoms with Crippen LogP contribution in [0.3, 0.4) is 0 Å². The second-order valence-corrected chi connectivity index (χ2v) is 7.93. The van der Waals surface area contributed by atoms with Crippen molar-refractivity contribution >= 4 is 11.5 Å². The van der Waals surface area contributed by atoms with Gasteiger partial charge >= 0.3 is 0 Å². The van der Waals surface area contributed by atoms with Gasteiger partial charge in [-0.1, -0.05) is 51.1 Å². The van der Waals surface area contributed by atoms with Crippen LogP contribution in [0.4, 0.5) is 5.82 Å². The summed E-state index contributed by atoms with van der Waals surface area (Å²) in [5.41, 5.74) is 5.50. The summed E-state index contributed by atoms with van der Waals surface area (Å²) in [6, 6.07) is 12.8. The summed E-state index contributed by atoms with van der Waals surface area (Å²) >= 11 is 0. The van der Waals surface area contributed by atoms with Gasteiger partial charge in [-0.3, -0.25) is 0 Å². The number of aromatic nitrogens is 3. The summed E-state index contributed by atoms with van der Waals surface area (Å²) in [4.78, 5) is 7.50. The molecule has 1 aromatic carbocycles. The number of hydrogen-bond acceptors (Lipinski definition) is 3. The zero-order chi connectivity index (χ0) is 18.3. The van der Waals surface area contributed by atoms with E-state index in [1.807, 2.05) is 0 Å². The van der Waals surface area contributed by atoms with Crippen molar-refractivity contribution in [2.75, 3.05) is 18.0 Å². The van der Waals surface area contributed by atoms with E-state index in [1.165, 1.54) is 24.2 Å². The Morgan fingerprint density at radius 3 is 2.42 bits per heavy atom. The molecule has 1 aliphatic heterocycles. The maximum Gasteiger partial charge on any atom is 0.165 e. The summed E-state index contributed by atoms with van der Waals surface area (Å²) in [5.74, 6) is 2.39. The smallest absolute Gasteiger partial charge is 0.165 e. The molecular weight excluding hydrogens is 320 g/mol. The van der Waals surface area contributed by atoms with Gasteiger partial charge in [-0.2, -0.15) is 9.61 Å². The van der Waals surface area contributed by atoms with E-state index in [0.717, 1.165) is 41.6 Å². The maximum absolute atomic E-state index is 5.02. The zero-order valence-corrected chi connectivity index (χ0v) is 16.2. The highest BCUT2D eigenvalue weighted by molar-refractivity contribution is 5.81. The van der Waals surface area contributed by atoms with Crippen molar-refractivity contribution in [3.63, 3.8) is 0 Å². The molecule has 4 nitrogen and oxygen atoms in total. The van der Waals surface area contributed by atoms with Crippen LogP contribution in [0.25, 0.3) is 16.8 Å². The van der Waals surface area contributed by atoms with Crippen LogP contribution in [0.5, 0.6) is 0 Å². The summed E-state index contributed by atoms with van der Waals surface area (Å²) in [5, 5.41) is 4.90. The molecule has 0 atom stereocenters. The molecule has 2 aromatic heterocycles. The summed E-state index contributed by atoms with van der Waals surface area (Å²) in [6.45, 7) is 11.1. The molecular formula is C22H28N4. The SMILES string of the molecule is Cc1nn2c(N3CCC(C)CC3)cc(C(C)C)nc2c1-c1ccccc1. The molecule has 3 heterocycles. The largest absolute Gasteiger partial charge is 0.356 e. The average molecular weight is 348 g/mol. The molecule has 0 saturated carbocycles. The molecule has 0 bridgehead atoms. The van der Waals surface area contributed by atoms with E-state index >= 15 is 0 Å². The molecule has 0 radical (unpaired) electrons. The molecule has 136 valence electrons. The molecule has 0 unspecified atom stereocenters. The van der Waals surface area contributed by atoms with Gasteiger partial charge < -0.3 is 4.90 Å². The van der Waals surface area contributed by atoms with Gasteiger partial charge in [0.15, 0.2) is 5.65 Å². The van der Waals surface area contributed by atoms with E-state index in [-0.39, 0.29) is 0 Å². The highest BCUT2D eigenvalue weighted by Crippen LogP contribution is 2.32. The molecule has 4 rings (SSSR count). The van der Waals surface area contributed by atoms with Gasteiger partial charge in [0.25, 0.3) is 0 Å². The third-order valence-corrected chi connectivity index (χ3v) is 5.53. The molecule has 0 aliphatic carbocycles. The van der Waals surface area contributed by atoms with Crippen molar-refractivity contribution in [3.8, 4) is 11.1 Å². The van der Waals surface area contributed by atoms with Gasteiger partial charge in [0.1, 0.15) is 5.82 Å². The molecule has 3 aromatic rings. The van der Waals surface area contributed by atoms with E-state index in [9.17, 15) is 0 Å². The average Bonchev–Trinajstić information content (AvgIpc) is 2.98. The Hall–Kier alpha value is -2.36. The number of piperidine rings is 1.